The highest BCUT2D eigenvalue weighted by Crippen LogP contribution is 2.32. The summed E-state index contributed by atoms with van der Waals surface area (Å²) >= 11 is 0. The van der Waals surface area contributed by atoms with Gasteiger partial charge in [-0.05, 0) is 38.5 Å². The molecule has 0 aromatic heterocycles. The molecule has 3 nitrogen and oxygen atoms in total. The van der Waals surface area contributed by atoms with Gasteiger partial charge >= 0.3 is 0 Å². The minimum Gasteiger partial charge on any atom is -0.323 e. The van der Waals surface area contributed by atoms with Crippen LogP contribution in [0.15, 0.2) is 0 Å². The molecule has 116 valence electrons. The van der Waals surface area contributed by atoms with E-state index in [1.54, 1.807) is 0 Å². The zero-order chi connectivity index (χ0) is 14.5. The lowest BCUT2D eigenvalue weighted by Crippen LogP contribution is -2.46. The van der Waals surface area contributed by atoms with E-state index in [0.717, 1.165) is 19.3 Å². The molecule has 0 aromatic carbocycles. The Morgan fingerprint density at radius 1 is 1.25 bits per heavy atom. The van der Waals surface area contributed by atoms with Crippen molar-refractivity contribution in [2.45, 2.75) is 96.8 Å². The average molecular weight is 280 g/mol. The molecule has 3 heteroatoms. The molecule has 1 amide bonds. The van der Waals surface area contributed by atoms with E-state index in [-0.39, 0.29) is 12.2 Å². The lowest BCUT2D eigenvalue weighted by Gasteiger charge is -2.37. The van der Waals surface area contributed by atoms with Gasteiger partial charge in [0.05, 0.1) is 12.2 Å². The number of hydrogen-bond acceptors (Lipinski definition) is 2. The first kappa shape index (κ1) is 15.8. The molecule has 2 rings (SSSR count). The number of carbonyl (C=O) groups is 1. The number of nitrogens with zero attached hydrogens (tertiary/aromatic N) is 1. The van der Waals surface area contributed by atoms with Crippen molar-refractivity contribution in [3.05, 3.63) is 0 Å². The van der Waals surface area contributed by atoms with E-state index in [9.17, 15) is 4.79 Å². The first-order valence-electron chi connectivity index (χ1n) is 8.77. The second-order valence-corrected chi connectivity index (χ2v) is 6.67. The van der Waals surface area contributed by atoms with Crippen LogP contribution in [0.5, 0.6) is 0 Å². The maximum Gasteiger partial charge on any atom is 0.241 e. The molecule has 0 aromatic rings. The number of nitrogens with one attached hydrogen (secondary N) is 1. The Bertz CT molecular complexity index is 312. The summed E-state index contributed by atoms with van der Waals surface area (Å²) in [6.45, 7) is 6.66. The Hall–Kier alpha value is -0.570. The minimum atomic E-state index is 0.0749. The fraction of sp³-hybridized carbons (Fsp3) is 0.941. The highest BCUT2D eigenvalue weighted by molar-refractivity contribution is 5.84. The van der Waals surface area contributed by atoms with E-state index in [2.05, 4.69) is 31.0 Å². The van der Waals surface area contributed by atoms with E-state index in [1.807, 2.05) is 0 Å². The Morgan fingerprint density at radius 3 is 2.55 bits per heavy atom. The number of hydrogen-bond donors (Lipinski definition) is 1. The van der Waals surface area contributed by atoms with Gasteiger partial charge in [0.25, 0.3) is 0 Å². The molecule has 0 radical (unpaired) electrons. The van der Waals surface area contributed by atoms with Crippen LogP contribution in [0.4, 0.5) is 0 Å². The van der Waals surface area contributed by atoms with Crippen LogP contribution in [0, 0.1) is 5.92 Å². The van der Waals surface area contributed by atoms with Gasteiger partial charge in [0.15, 0.2) is 0 Å². The van der Waals surface area contributed by atoms with Crippen molar-refractivity contribution in [1.82, 2.24) is 10.2 Å². The fourth-order valence-corrected chi connectivity index (χ4v) is 3.98. The van der Waals surface area contributed by atoms with Gasteiger partial charge in [0.1, 0.15) is 0 Å². The molecule has 2 fully saturated rings. The van der Waals surface area contributed by atoms with Crippen molar-refractivity contribution in [3.8, 4) is 0 Å². The smallest absolute Gasteiger partial charge is 0.241 e. The quantitative estimate of drug-likeness (QED) is 0.805. The molecule has 3 unspecified atom stereocenters. The molecule has 3 atom stereocenters. The molecule has 1 saturated carbocycles. The van der Waals surface area contributed by atoms with Gasteiger partial charge in [-0.2, -0.15) is 0 Å². The predicted molar refractivity (Wildman–Crippen MR) is 83.4 cm³/mol. The number of carbonyl (C=O) groups excluding carboxylic acids is 1. The van der Waals surface area contributed by atoms with Gasteiger partial charge < -0.3 is 4.90 Å². The molecule has 1 heterocycles. The summed E-state index contributed by atoms with van der Waals surface area (Å²) in [7, 11) is 0. The molecule has 1 saturated heterocycles. The van der Waals surface area contributed by atoms with E-state index < -0.39 is 0 Å². The third-order valence-corrected chi connectivity index (χ3v) is 5.29. The SMILES string of the molecule is CCCCC1NC(CC)N(C(C)C2CCCCC2)C1=O. The van der Waals surface area contributed by atoms with E-state index in [4.69, 9.17) is 0 Å². The Labute approximate surface area is 124 Å². The second kappa shape index (κ2) is 7.44. The zero-order valence-electron chi connectivity index (χ0n) is 13.5. The normalized spacial score (nSPS) is 29.9. The van der Waals surface area contributed by atoms with Gasteiger partial charge in [-0.25, -0.2) is 0 Å². The molecule has 0 spiro atoms. The maximum absolute atomic E-state index is 12.7. The van der Waals surface area contributed by atoms with E-state index >= 15 is 0 Å². The summed E-state index contributed by atoms with van der Waals surface area (Å²) < 4.78 is 0. The van der Waals surface area contributed by atoms with Gasteiger partial charge in [-0.1, -0.05) is 46.0 Å². The summed E-state index contributed by atoms with van der Waals surface area (Å²) in [6, 6.07) is 0.484. The van der Waals surface area contributed by atoms with Crippen LogP contribution in [0.3, 0.4) is 0 Å². The highest BCUT2D eigenvalue weighted by Gasteiger charge is 2.41. The van der Waals surface area contributed by atoms with Crippen molar-refractivity contribution in [1.29, 1.82) is 0 Å². The van der Waals surface area contributed by atoms with Gasteiger partial charge in [-0.3, -0.25) is 10.1 Å². The highest BCUT2D eigenvalue weighted by atomic mass is 16.2. The van der Waals surface area contributed by atoms with Crippen molar-refractivity contribution in [3.63, 3.8) is 0 Å². The third kappa shape index (κ3) is 3.36. The predicted octanol–water partition coefficient (Wildman–Crippen LogP) is 3.68. The van der Waals surface area contributed by atoms with Crippen LogP contribution in [0.1, 0.15) is 78.6 Å². The lowest BCUT2D eigenvalue weighted by molar-refractivity contribution is -0.133. The Kier molecular flexibility index (Phi) is 5.88. The summed E-state index contributed by atoms with van der Waals surface area (Å²) in [5.74, 6) is 1.08. The molecule has 20 heavy (non-hydrogen) atoms. The molecule has 1 aliphatic heterocycles. The van der Waals surface area contributed by atoms with E-state index in [0.29, 0.717) is 17.9 Å². The largest absolute Gasteiger partial charge is 0.323 e. The second-order valence-electron chi connectivity index (χ2n) is 6.67. The van der Waals surface area contributed by atoms with Gasteiger partial charge in [0.2, 0.25) is 5.91 Å². The maximum atomic E-state index is 12.7. The van der Waals surface area contributed by atoms with Crippen molar-refractivity contribution < 1.29 is 4.79 Å². The van der Waals surface area contributed by atoms with Crippen LogP contribution >= 0.6 is 0 Å². The van der Waals surface area contributed by atoms with Crippen LogP contribution in [0.25, 0.3) is 0 Å². The van der Waals surface area contributed by atoms with Gasteiger partial charge in [0, 0.05) is 6.04 Å². The monoisotopic (exact) mass is 280 g/mol. The first-order chi connectivity index (χ1) is 9.69. The summed E-state index contributed by atoms with van der Waals surface area (Å²) in [4.78, 5) is 14.9. The molecular weight excluding hydrogens is 248 g/mol. The van der Waals surface area contributed by atoms with E-state index in [1.165, 1.54) is 38.5 Å². The number of unbranched alkanes of at least 4 members (excludes halogenated alkanes) is 1. The van der Waals surface area contributed by atoms with Crippen molar-refractivity contribution in [2.75, 3.05) is 0 Å². The summed E-state index contributed by atoms with van der Waals surface area (Å²) in [6.07, 6.45) is 11.3. The lowest BCUT2D eigenvalue weighted by atomic mass is 9.83. The summed E-state index contributed by atoms with van der Waals surface area (Å²) in [5, 5.41) is 3.57. The minimum absolute atomic E-state index is 0.0749. The van der Waals surface area contributed by atoms with Crippen LogP contribution < -0.4 is 5.32 Å². The number of rotatable bonds is 6. The summed E-state index contributed by atoms with van der Waals surface area (Å²) in [5.41, 5.74) is 0. The Morgan fingerprint density at radius 2 is 1.95 bits per heavy atom. The van der Waals surface area contributed by atoms with Crippen LogP contribution in [-0.4, -0.2) is 29.1 Å². The van der Waals surface area contributed by atoms with Crippen molar-refractivity contribution >= 4 is 5.91 Å². The molecule has 1 N–H and O–H groups in total. The zero-order valence-corrected chi connectivity index (χ0v) is 13.5. The fourth-order valence-electron chi connectivity index (χ4n) is 3.98. The Balaban J connectivity index is 2.01. The molecule has 1 aliphatic carbocycles. The first-order valence-corrected chi connectivity index (χ1v) is 8.77. The topological polar surface area (TPSA) is 32.3 Å². The number of amides is 1. The molecular formula is C17H32N2O. The van der Waals surface area contributed by atoms with Gasteiger partial charge in [-0.15, -0.1) is 0 Å². The van der Waals surface area contributed by atoms with Crippen LogP contribution in [0.2, 0.25) is 0 Å². The van der Waals surface area contributed by atoms with Crippen molar-refractivity contribution in [2.24, 2.45) is 5.92 Å². The molecule has 0 bridgehead atoms. The third-order valence-electron chi connectivity index (χ3n) is 5.29. The molecule has 2 aliphatic rings. The standard InChI is InChI=1S/C17H32N2O/c1-4-6-12-15-17(20)19(16(5-2)18-15)13(3)14-10-8-7-9-11-14/h13-16,18H,4-12H2,1-3H3. The van der Waals surface area contributed by atoms with Crippen LogP contribution in [-0.2, 0) is 4.79 Å². The average Bonchev–Trinajstić information content (AvgIpc) is 2.81.